The molecular formula is C17H17ClN2O2. The van der Waals surface area contributed by atoms with E-state index in [0.29, 0.717) is 5.69 Å². The number of rotatable bonds is 3. The number of nitrogens with one attached hydrogen (secondary N) is 1. The number of phenols is 1. The summed E-state index contributed by atoms with van der Waals surface area (Å²) in [5.41, 5.74) is 3.23. The maximum Gasteiger partial charge on any atom is 0.145 e. The molecule has 1 heterocycles. The Morgan fingerprint density at radius 2 is 1.82 bits per heavy atom. The fourth-order valence-corrected chi connectivity index (χ4v) is 2.34. The standard InChI is InChI=1S/C17H16N2O2.ClH/c1-11-10-14(19-13-7-3-4-8-15(13)20)12-6-5-9-16(21-2)17(12)18-11;/h3-10,20H,1-2H3,(H,18,19);1H. The van der Waals surface area contributed by atoms with Gasteiger partial charge in [-0.1, -0.05) is 24.3 Å². The number of aromatic nitrogens is 1. The molecule has 3 rings (SSSR count). The van der Waals surface area contributed by atoms with Crippen LogP contribution in [0.25, 0.3) is 10.9 Å². The maximum atomic E-state index is 9.91. The number of pyridine rings is 1. The summed E-state index contributed by atoms with van der Waals surface area (Å²) in [6.45, 7) is 1.93. The lowest BCUT2D eigenvalue weighted by Crippen LogP contribution is -1.96. The molecule has 2 N–H and O–H groups in total. The van der Waals surface area contributed by atoms with Crippen molar-refractivity contribution in [1.29, 1.82) is 0 Å². The predicted octanol–water partition coefficient (Wildman–Crippen LogP) is 4.42. The Hall–Kier alpha value is -2.46. The Kier molecular flexibility index (Phi) is 4.73. The first-order valence-corrected chi connectivity index (χ1v) is 6.68. The molecule has 0 amide bonds. The maximum absolute atomic E-state index is 9.91. The molecular weight excluding hydrogens is 300 g/mol. The zero-order valence-corrected chi connectivity index (χ0v) is 13.1. The van der Waals surface area contributed by atoms with E-state index in [4.69, 9.17) is 4.74 Å². The normalized spacial score (nSPS) is 10.1. The number of phenolic OH excluding ortho intramolecular Hbond substituents is 1. The van der Waals surface area contributed by atoms with Crippen molar-refractivity contribution < 1.29 is 9.84 Å². The first kappa shape index (κ1) is 15.9. The van der Waals surface area contributed by atoms with Crippen LogP contribution in [0, 0.1) is 6.92 Å². The first-order valence-electron chi connectivity index (χ1n) is 6.68. The highest BCUT2D eigenvalue weighted by Crippen LogP contribution is 2.33. The minimum Gasteiger partial charge on any atom is -0.506 e. The fraction of sp³-hybridized carbons (Fsp3) is 0.118. The summed E-state index contributed by atoms with van der Waals surface area (Å²) in [6.07, 6.45) is 0. The molecule has 0 radical (unpaired) electrons. The van der Waals surface area contributed by atoms with Crippen LogP contribution in [0.1, 0.15) is 5.69 Å². The summed E-state index contributed by atoms with van der Waals surface area (Å²) in [4.78, 5) is 4.54. The van der Waals surface area contributed by atoms with Gasteiger partial charge in [-0.15, -0.1) is 12.4 Å². The average molecular weight is 317 g/mol. The minimum atomic E-state index is 0. The van der Waals surface area contributed by atoms with Gasteiger partial charge in [0, 0.05) is 16.8 Å². The van der Waals surface area contributed by atoms with Crippen molar-refractivity contribution in [2.45, 2.75) is 6.92 Å². The molecule has 0 spiro atoms. The van der Waals surface area contributed by atoms with Crippen molar-refractivity contribution in [2.75, 3.05) is 12.4 Å². The third-order valence-corrected chi connectivity index (χ3v) is 3.32. The van der Waals surface area contributed by atoms with E-state index in [1.54, 1.807) is 19.2 Å². The summed E-state index contributed by atoms with van der Waals surface area (Å²) < 4.78 is 5.37. The van der Waals surface area contributed by atoms with E-state index in [0.717, 1.165) is 28.0 Å². The summed E-state index contributed by atoms with van der Waals surface area (Å²) in [6, 6.07) is 14.9. The second-order valence-electron chi connectivity index (χ2n) is 4.81. The van der Waals surface area contributed by atoms with E-state index in [1.807, 2.05) is 43.3 Å². The highest BCUT2D eigenvalue weighted by atomic mass is 35.5. The van der Waals surface area contributed by atoms with Crippen LogP contribution in [-0.4, -0.2) is 17.2 Å². The number of ether oxygens (including phenoxy) is 1. The van der Waals surface area contributed by atoms with E-state index < -0.39 is 0 Å². The second-order valence-corrected chi connectivity index (χ2v) is 4.81. The van der Waals surface area contributed by atoms with Gasteiger partial charge in [0.15, 0.2) is 0 Å². The number of nitrogens with zero attached hydrogens (tertiary/aromatic N) is 1. The van der Waals surface area contributed by atoms with Gasteiger partial charge < -0.3 is 15.2 Å². The minimum absolute atomic E-state index is 0. The topological polar surface area (TPSA) is 54.4 Å². The van der Waals surface area contributed by atoms with E-state index in [2.05, 4.69) is 10.3 Å². The molecule has 0 aliphatic carbocycles. The lowest BCUT2D eigenvalue weighted by Gasteiger charge is -2.13. The van der Waals surface area contributed by atoms with Crippen LogP contribution in [0.5, 0.6) is 11.5 Å². The first-order chi connectivity index (χ1) is 10.2. The molecule has 0 bridgehead atoms. The smallest absolute Gasteiger partial charge is 0.145 e. The van der Waals surface area contributed by atoms with E-state index in [1.165, 1.54) is 0 Å². The summed E-state index contributed by atoms with van der Waals surface area (Å²) in [5.74, 6) is 0.944. The molecule has 0 aliphatic rings. The Bertz CT molecular complexity index is 806. The molecule has 5 heteroatoms. The zero-order valence-electron chi connectivity index (χ0n) is 12.3. The van der Waals surface area contributed by atoms with Gasteiger partial charge in [-0.2, -0.15) is 0 Å². The Labute approximate surface area is 135 Å². The molecule has 4 nitrogen and oxygen atoms in total. The van der Waals surface area contributed by atoms with Crippen LogP contribution in [0.3, 0.4) is 0 Å². The lowest BCUT2D eigenvalue weighted by molar-refractivity contribution is 0.419. The van der Waals surface area contributed by atoms with E-state index in [9.17, 15) is 5.11 Å². The Morgan fingerprint density at radius 3 is 2.55 bits per heavy atom. The number of methoxy groups -OCH3 is 1. The van der Waals surface area contributed by atoms with Crippen LogP contribution in [0.2, 0.25) is 0 Å². The van der Waals surface area contributed by atoms with Gasteiger partial charge in [0.25, 0.3) is 0 Å². The van der Waals surface area contributed by atoms with Gasteiger partial charge in [0.2, 0.25) is 0 Å². The number of para-hydroxylation sites is 3. The number of halogens is 1. The highest BCUT2D eigenvalue weighted by Gasteiger charge is 2.09. The Morgan fingerprint density at radius 1 is 1.05 bits per heavy atom. The second kappa shape index (κ2) is 6.54. The predicted molar refractivity (Wildman–Crippen MR) is 91.7 cm³/mol. The SMILES string of the molecule is COc1cccc2c(Nc3ccccc3O)cc(C)nc12.Cl. The fourth-order valence-electron chi connectivity index (χ4n) is 2.34. The van der Waals surface area contributed by atoms with Crippen molar-refractivity contribution in [3.05, 3.63) is 54.2 Å². The van der Waals surface area contributed by atoms with E-state index in [-0.39, 0.29) is 18.2 Å². The van der Waals surface area contributed by atoms with Crippen LogP contribution < -0.4 is 10.1 Å². The van der Waals surface area contributed by atoms with Crippen LogP contribution in [0.15, 0.2) is 48.5 Å². The summed E-state index contributed by atoms with van der Waals surface area (Å²) in [5, 5.41) is 14.1. The van der Waals surface area contributed by atoms with Crippen molar-refractivity contribution in [2.24, 2.45) is 0 Å². The van der Waals surface area contributed by atoms with Crippen LogP contribution in [0.4, 0.5) is 11.4 Å². The zero-order chi connectivity index (χ0) is 14.8. The molecule has 0 unspecified atom stereocenters. The third kappa shape index (κ3) is 2.92. The van der Waals surface area contributed by atoms with Crippen molar-refractivity contribution in [3.8, 4) is 11.5 Å². The number of hydrogen-bond acceptors (Lipinski definition) is 4. The van der Waals surface area contributed by atoms with Gasteiger partial charge in [-0.25, -0.2) is 4.98 Å². The molecule has 2 aromatic carbocycles. The number of anilines is 2. The molecule has 3 aromatic rings. The number of hydrogen-bond donors (Lipinski definition) is 2. The molecule has 0 fully saturated rings. The summed E-state index contributed by atoms with van der Waals surface area (Å²) in [7, 11) is 1.63. The number of fused-ring (bicyclic) bond motifs is 1. The van der Waals surface area contributed by atoms with Crippen molar-refractivity contribution in [3.63, 3.8) is 0 Å². The van der Waals surface area contributed by atoms with Gasteiger partial charge in [0.05, 0.1) is 12.8 Å². The molecule has 0 saturated heterocycles. The number of aryl methyl sites for hydroxylation is 1. The van der Waals surface area contributed by atoms with Crippen LogP contribution in [-0.2, 0) is 0 Å². The Balaban J connectivity index is 0.00000176. The molecule has 1 aromatic heterocycles. The lowest BCUT2D eigenvalue weighted by atomic mass is 10.1. The van der Waals surface area contributed by atoms with Gasteiger partial charge in [-0.05, 0) is 31.2 Å². The van der Waals surface area contributed by atoms with Gasteiger partial charge in [-0.3, -0.25) is 0 Å². The number of aromatic hydroxyl groups is 1. The molecule has 114 valence electrons. The van der Waals surface area contributed by atoms with Crippen molar-refractivity contribution >= 4 is 34.7 Å². The summed E-state index contributed by atoms with van der Waals surface area (Å²) >= 11 is 0. The van der Waals surface area contributed by atoms with Crippen LogP contribution >= 0.6 is 12.4 Å². The van der Waals surface area contributed by atoms with Gasteiger partial charge >= 0.3 is 0 Å². The largest absolute Gasteiger partial charge is 0.506 e. The third-order valence-electron chi connectivity index (χ3n) is 3.32. The highest BCUT2D eigenvalue weighted by molar-refractivity contribution is 5.96. The van der Waals surface area contributed by atoms with Crippen molar-refractivity contribution in [1.82, 2.24) is 4.98 Å². The molecule has 22 heavy (non-hydrogen) atoms. The monoisotopic (exact) mass is 316 g/mol. The quantitative estimate of drug-likeness (QED) is 0.702. The molecule has 0 atom stereocenters. The molecule has 0 saturated carbocycles. The average Bonchev–Trinajstić information content (AvgIpc) is 2.49. The molecule has 0 aliphatic heterocycles. The van der Waals surface area contributed by atoms with E-state index >= 15 is 0 Å². The number of benzene rings is 2. The van der Waals surface area contributed by atoms with Gasteiger partial charge in [0.1, 0.15) is 17.0 Å².